The van der Waals surface area contributed by atoms with E-state index in [9.17, 15) is 0 Å². The fraction of sp³-hybridized carbons (Fsp3) is 0.368. The zero-order valence-electron chi connectivity index (χ0n) is 16.0. The van der Waals surface area contributed by atoms with E-state index in [0.717, 1.165) is 33.8 Å². The minimum absolute atomic E-state index is 0.218. The van der Waals surface area contributed by atoms with E-state index in [2.05, 4.69) is 20.4 Å². The molecular weight excluding hydrogens is 342 g/mol. The van der Waals surface area contributed by atoms with Crippen LogP contribution < -0.4 is 5.32 Å². The maximum Gasteiger partial charge on any atom is 0.241 e. The summed E-state index contributed by atoms with van der Waals surface area (Å²) in [6.45, 7) is 7.29. The smallest absolute Gasteiger partial charge is 0.241 e. The van der Waals surface area contributed by atoms with Crippen molar-refractivity contribution in [1.82, 2.24) is 29.1 Å². The normalized spacial score (nSPS) is 11.7. The molecule has 0 aromatic carbocycles. The molecule has 0 radical (unpaired) electrons. The number of pyridine rings is 1. The maximum absolute atomic E-state index is 5.52. The first kappa shape index (κ1) is 17.4. The van der Waals surface area contributed by atoms with E-state index >= 15 is 0 Å². The molecule has 4 rings (SSSR count). The van der Waals surface area contributed by atoms with Crippen LogP contribution in [-0.4, -0.2) is 48.4 Å². The van der Waals surface area contributed by atoms with Crippen LogP contribution in [0.15, 0.2) is 30.6 Å². The summed E-state index contributed by atoms with van der Waals surface area (Å²) >= 11 is 0. The van der Waals surface area contributed by atoms with Gasteiger partial charge >= 0.3 is 0 Å². The molecule has 4 aromatic heterocycles. The van der Waals surface area contributed by atoms with Crippen LogP contribution in [-0.2, 0) is 11.8 Å². The van der Waals surface area contributed by atoms with E-state index in [1.165, 1.54) is 0 Å². The molecule has 0 aliphatic rings. The van der Waals surface area contributed by atoms with Gasteiger partial charge < -0.3 is 14.6 Å². The van der Waals surface area contributed by atoms with Crippen molar-refractivity contribution < 1.29 is 4.74 Å². The molecule has 0 fully saturated rings. The third-order valence-corrected chi connectivity index (χ3v) is 4.47. The second kappa shape index (κ2) is 6.96. The molecule has 1 N–H and O–H groups in total. The average molecular weight is 365 g/mol. The van der Waals surface area contributed by atoms with Gasteiger partial charge in [-0.1, -0.05) is 0 Å². The Labute approximate surface area is 157 Å². The highest BCUT2D eigenvalue weighted by Crippen LogP contribution is 2.25. The number of fused-ring (bicyclic) bond motifs is 2. The monoisotopic (exact) mass is 365 g/mol. The van der Waals surface area contributed by atoms with Gasteiger partial charge in [-0.15, -0.1) is 5.10 Å². The Morgan fingerprint density at radius 1 is 1.19 bits per heavy atom. The maximum atomic E-state index is 5.52. The first-order chi connectivity index (χ1) is 13.0. The van der Waals surface area contributed by atoms with Crippen molar-refractivity contribution in [3.63, 3.8) is 0 Å². The third kappa shape index (κ3) is 3.35. The lowest BCUT2D eigenvalue weighted by Gasteiger charge is -2.08. The number of rotatable bonds is 6. The van der Waals surface area contributed by atoms with Gasteiger partial charge in [0.15, 0.2) is 5.65 Å². The van der Waals surface area contributed by atoms with Gasteiger partial charge in [0, 0.05) is 25.4 Å². The molecule has 0 unspecified atom stereocenters. The average Bonchev–Trinajstić information content (AvgIpc) is 3.19. The van der Waals surface area contributed by atoms with Gasteiger partial charge in [-0.25, -0.2) is 19.5 Å². The third-order valence-electron chi connectivity index (χ3n) is 4.47. The van der Waals surface area contributed by atoms with Crippen LogP contribution in [0.1, 0.15) is 19.7 Å². The van der Waals surface area contributed by atoms with Crippen LogP contribution in [0.4, 0.5) is 5.95 Å². The van der Waals surface area contributed by atoms with Crippen LogP contribution >= 0.6 is 0 Å². The summed E-state index contributed by atoms with van der Waals surface area (Å²) in [5.41, 5.74) is 4.54. The molecule has 8 heteroatoms. The van der Waals surface area contributed by atoms with Crippen molar-refractivity contribution >= 4 is 22.6 Å². The van der Waals surface area contributed by atoms with E-state index < -0.39 is 0 Å². The number of ether oxygens (including phenoxy) is 1. The van der Waals surface area contributed by atoms with Crippen molar-refractivity contribution in [2.75, 3.05) is 18.5 Å². The lowest BCUT2D eigenvalue weighted by Crippen LogP contribution is -2.15. The van der Waals surface area contributed by atoms with Gasteiger partial charge in [-0.05, 0) is 39.0 Å². The summed E-state index contributed by atoms with van der Waals surface area (Å²) in [6.07, 6.45) is 3.95. The predicted molar refractivity (Wildman–Crippen MR) is 105 cm³/mol. The van der Waals surface area contributed by atoms with Crippen LogP contribution in [0.3, 0.4) is 0 Å². The number of imidazole rings is 1. The number of aromatic nitrogens is 6. The second-order valence-electron chi connectivity index (χ2n) is 6.74. The van der Waals surface area contributed by atoms with Crippen molar-refractivity contribution in [3.05, 3.63) is 36.4 Å². The van der Waals surface area contributed by atoms with Crippen LogP contribution in [0.2, 0.25) is 0 Å². The Bertz CT molecular complexity index is 1100. The van der Waals surface area contributed by atoms with Crippen LogP contribution in [0.25, 0.3) is 27.9 Å². The van der Waals surface area contributed by atoms with Gasteiger partial charge in [0.2, 0.25) is 5.95 Å². The molecule has 0 atom stereocenters. The van der Waals surface area contributed by atoms with Gasteiger partial charge in [-0.3, -0.25) is 0 Å². The van der Waals surface area contributed by atoms with Crippen molar-refractivity contribution in [1.29, 1.82) is 0 Å². The highest BCUT2D eigenvalue weighted by Gasteiger charge is 2.12. The van der Waals surface area contributed by atoms with E-state index in [4.69, 9.17) is 9.72 Å². The molecule has 0 amide bonds. The summed E-state index contributed by atoms with van der Waals surface area (Å²) in [6, 6.07) is 5.99. The summed E-state index contributed by atoms with van der Waals surface area (Å²) in [5.74, 6) is 1.51. The molecule has 8 nitrogen and oxygen atoms in total. The van der Waals surface area contributed by atoms with E-state index in [1.807, 2.05) is 67.5 Å². The Hall–Kier alpha value is -3.00. The standard InChI is InChI=1S/C19H23N7O/c1-12(2)27-10-8-20-19-21-11-17-14(7-9-26(17)24-19)15-5-6-16-18(23-15)25(4)13(3)22-16/h5-7,9,11-12H,8,10H2,1-4H3,(H,20,24). The number of hydrogen-bond acceptors (Lipinski definition) is 6. The van der Waals surface area contributed by atoms with Gasteiger partial charge in [-0.2, -0.15) is 0 Å². The Kier molecular flexibility index (Phi) is 4.49. The van der Waals surface area contributed by atoms with Crippen molar-refractivity contribution in [2.45, 2.75) is 26.9 Å². The molecular formula is C19H23N7O. The molecule has 4 heterocycles. The summed E-state index contributed by atoms with van der Waals surface area (Å²) in [5, 5.41) is 7.70. The topological polar surface area (TPSA) is 82.2 Å². The molecule has 0 aliphatic heterocycles. The molecule has 0 saturated heterocycles. The van der Waals surface area contributed by atoms with Gasteiger partial charge in [0.25, 0.3) is 0 Å². The molecule has 0 bridgehead atoms. The van der Waals surface area contributed by atoms with Crippen LogP contribution in [0, 0.1) is 6.92 Å². The first-order valence-corrected chi connectivity index (χ1v) is 9.03. The van der Waals surface area contributed by atoms with E-state index in [1.54, 1.807) is 0 Å². The predicted octanol–water partition coefficient (Wildman–Crippen LogP) is 2.82. The van der Waals surface area contributed by atoms with E-state index in [0.29, 0.717) is 19.1 Å². The highest BCUT2D eigenvalue weighted by molar-refractivity contribution is 5.82. The lowest BCUT2D eigenvalue weighted by atomic mass is 10.2. The molecule has 27 heavy (non-hydrogen) atoms. The molecule has 0 spiro atoms. The first-order valence-electron chi connectivity index (χ1n) is 9.03. The number of hydrogen-bond donors (Lipinski definition) is 1. The summed E-state index contributed by atoms with van der Waals surface area (Å²) < 4.78 is 9.33. The van der Waals surface area contributed by atoms with E-state index in [-0.39, 0.29) is 6.10 Å². The Morgan fingerprint density at radius 2 is 2.04 bits per heavy atom. The quantitative estimate of drug-likeness (QED) is 0.529. The fourth-order valence-electron chi connectivity index (χ4n) is 2.98. The number of nitrogens with zero attached hydrogens (tertiary/aromatic N) is 6. The van der Waals surface area contributed by atoms with Gasteiger partial charge in [0.1, 0.15) is 11.3 Å². The summed E-state index contributed by atoms with van der Waals surface area (Å²) in [7, 11) is 1.98. The SMILES string of the molecule is Cc1nc2ccc(-c3ccn4nc(NCCOC(C)C)ncc34)nc2n1C. The molecule has 0 saturated carbocycles. The Morgan fingerprint density at radius 3 is 2.85 bits per heavy atom. The van der Waals surface area contributed by atoms with Crippen LogP contribution in [0.5, 0.6) is 0 Å². The zero-order valence-corrected chi connectivity index (χ0v) is 16.0. The highest BCUT2D eigenvalue weighted by atomic mass is 16.5. The fourth-order valence-corrected chi connectivity index (χ4v) is 2.98. The summed E-state index contributed by atoms with van der Waals surface area (Å²) in [4.78, 5) is 13.7. The Balaban J connectivity index is 1.61. The minimum atomic E-state index is 0.218. The largest absolute Gasteiger partial charge is 0.377 e. The molecule has 140 valence electrons. The van der Waals surface area contributed by atoms with Gasteiger partial charge in [0.05, 0.1) is 30.1 Å². The number of anilines is 1. The lowest BCUT2D eigenvalue weighted by molar-refractivity contribution is 0.0869. The molecule has 4 aromatic rings. The van der Waals surface area contributed by atoms with Crippen molar-refractivity contribution in [2.24, 2.45) is 7.05 Å². The molecule has 0 aliphatic carbocycles. The number of aryl methyl sites for hydroxylation is 2. The zero-order chi connectivity index (χ0) is 19.0. The number of nitrogens with one attached hydrogen (secondary N) is 1. The van der Waals surface area contributed by atoms with Crippen molar-refractivity contribution in [3.8, 4) is 11.3 Å². The minimum Gasteiger partial charge on any atom is -0.377 e. The second-order valence-corrected chi connectivity index (χ2v) is 6.74.